The molecular formula is C8H9BrN2O. The lowest BCUT2D eigenvalue weighted by atomic mass is 10.1. The van der Waals surface area contributed by atoms with E-state index in [9.17, 15) is 4.79 Å². The smallest absolute Gasteiger partial charge is 0.251 e. The first-order valence-electron chi connectivity index (χ1n) is 5.19. The molecule has 1 aromatic heterocycles. The first-order chi connectivity index (χ1) is 7.25. The first kappa shape index (κ1) is 4.97. The van der Waals surface area contributed by atoms with Crippen molar-refractivity contribution in [1.29, 1.82) is 0 Å². The molecule has 2 N–H and O–H groups in total. The highest BCUT2D eigenvalue weighted by molar-refractivity contribution is 9.10. The van der Waals surface area contributed by atoms with Crippen LogP contribution in [0.3, 0.4) is 0 Å². The van der Waals surface area contributed by atoms with E-state index in [1.54, 1.807) is 0 Å². The molecule has 1 atom stereocenters. The maximum atomic E-state index is 11.2. The van der Waals surface area contributed by atoms with E-state index < -0.39 is 19.2 Å². The third-order valence-corrected chi connectivity index (χ3v) is 1.94. The van der Waals surface area contributed by atoms with Crippen LogP contribution in [0, 0.1) is 0 Å². The molecule has 0 saturated carbocycles. The van der Waals surface area contributed by atoms with E-state index in [1.165, 1.54) is 12.3 Å². The Morgan fingerprint density at radius 1 is 2.00 bits per heavy atom. The molecule has 0 bridgehead atoms. The number of amides is 1. The van der Waals surface area contributed by atoms with Gasteiger partial charge in [0.05, 0.1) is 5.56 Å². The third-order valence-electron chi connectivity index (χ3n) is 1.34. The number of aryl methyl sites for hydroxylation is 1. The number of rotatable bonds is 2. The Morgan fingerprint density at radius 2 is 2.75 bits per heavy atom. The number of carbonyl (C=O) groups excluding carboxylic acids is 1. The highest BCUT2D eigenvalue weighted by Crippen LogP contribution is 2.17. The largest absolute Gasteiger partial charge is 0.366 e. The molecule has 64 valence electrons. The van der Waals surface area contributed by atoms with Crippen molar-refractivity contribution in [3.63, 3.8) is 0 Å². The molecule has 0 saturated heterocycles. The van der Waals surface area contributed by atoms with Crippen molar-refractivity contribution in [2.24, 2.45) is 5.73 Å². The van der Waals surface area contributed by atoms with Crippen LogP contribution in [0.5, 0.6) is 0 Å². The Hall–Kier alpha value is -0.900. The maximum Gasteiger partial charge on any atom is 0.251 e. The van der Waals surface area contributed by atoms with Gasteiger partial charge in [-0.2, -0.15) is 0 Å². The van der Waals surface area contributed by atoms with Crippen LogP contribution in [0.1, 0.15) is 28.3 Å². The second kappa shape index (κ2) is 3.67. The molecule has 0 aliphatic heterocycles. The van der Waals surface area contributed by atoms with Crippen LogP contribution in [0.15, 0.2) is 16.9 Å². The Kier molecular flexibility index (Phi) is 1.52. The zero-order valence-electron chi connectivity index (χ0n) is 10.0. The summed E-state index contributed by atoms with van der Waals surface area (Å²) >= 11 is 3.00. The normalized spacial score (nSPS) is 18.4. The van der Waals surface area contributed by atoms with Gasteiger partial charge in [-0.15, -0.1) is 0 Å². The number of hydrogen-bond acceptors (Lipinski definition) is 2. The van der Waals surface area contributed by atoms with E-state index in [1.807, 2.05) is 0 Å². The van der Waals surface area contributed by atoms with Crippen molar-refractivity contribution >= 4 is 21.8 Å². The summed E-state index contributed by atoms with van der Waals surface area (Å²) in [5.74, 6) is -0.809. The van der Waals surface area contributed by atoms with Gasteiger partial charge in [-0.3, -0.25) is 4.79 Å². The van der Waals surface area contributed by atoms with Gasteiger partial charge >= 0.3 is 0 Å². The van der Waals surface area contributed by atoms with Gasteiger partial charge in [-0.25, -0.2) is 4.98 Å². The standard InChI is InChI=1S/C8H9BrN2O/c1-2-5-3-4-11-7(9)6(5)8(10)12/h3-4H,2H2,1H3,(H2,10,12)/i1D3,2D. The van der Waals surface area contributed by atoms with E-state index in [4.69, 9.17) is 11.2 Å². The van der Waals surface area contributed by atoms with Crippen molar-refractivity contribution < 1.29 is 10.3 Å². The lowest BCUT2D eigenvalue weighted by Crippen LogP contribution is -2.15. The van der Waals surface area contributed by atoms with E-state index in [2.05, 4.69) is 20.9 Å². The highest BCUT2D eigenvalue weighted by Gasteiger charge is 2.10. The topological polar surface area (TPSA) is 56.0 Å². The van der Waals surface area contributed by atoms with Crippen LogP contribution in [0.4, 0.5) is 0 Å². The van der Waals surface area contributed by atoms with Crippen molar-refractivity contribution in [3.8, 4) is 0 Å². The average molecular weight is 233 g/mol. The number of primary amides is 1. The van der Waals surface area contributed by atoms with Gasteiger partial charge < -0.3 is 5.73 Å². The number of halogens is 1. The van der Waals surface area contributed by atoms with Gasteiger partial charge in [0.2, 0.25) is 0 Å². The Labute approximate surface area is 84.7 Å². The summed E-state index contributed by atoms with van der Waals surface area (Å²) in [6.07, 6.45) is -0.201. The quantitative estimate of drug-likeness (QED) is 0.787. The summed E-state index contributed by atoms with van der Waals surface area (Å²) < 4.78 is 29.2. The number of hydrogen-bond donors (Lipinski definition) is 1. The van der Waals surface area contributed by atoms with Gasteiger partial charge in [-0.1, -0.05) is 6.85 Å². The number of carbonyl (C=O) groups is 1. The van der Waals surface area contributed by atoms with Crippen molar-refractivity contribution in [1.82, 2.24) is 4.98 Å². The lowest BCUT2D eigenvalue weighted by Gasteiger charge is -2.04. The highest BCUT2D eigenvalue weighted by atomic mass is 79.9. The number of nitrogens with zero attached hydrogens (tertiary/aromatic N) is 1. The fourth-order valence-electron chi connectivity index (χ4n) is 0.814. The third kappa shape index (κ3) is 1.64. The minimum absolute atomic E-state index is 0.0503. The number of nitrogens with two attached hydrogens (primary N) is 1. The Bertz CT molecular complexity index is 421. The summed E-state index contributed by atoms with van der Waals surface area (Å²) in [4.78, 5) is 14.9. The molecule has 1 aromatic rings. The molecule has 0 fully saturated rings. The summed E-state index contributed by atoms with van der Waals surface area (Å²) in [5, 5.41) is 0. The van der Waals surface area contributed by atoms with E-state index in [0.29, 0.717) is 0 Å². The summed E-state index contributed by atoms with van der Waals surface area (Å²) in [6, 6.07) is 1.31. The van der Waals surface area contributed by atoms with E-state index in [-0.39, 0.29) is 15.7 Å². The molecule has 0 aliphatic rings. The average Bonchev–Trinajstić information content (AvgIpc) is 2.14. The van der Waals surface area contributed by atoms with Crippen LogP contribution in [-0.4, -0.2) is 10.9 Å². The van der Waals surface area contributed by atoms with Gasteiger partial charge in [0.15, 0.2) is 0 Å². The van der Waals surface area contributed by atoms with Crippen LogP contribution in [-0.2, 0) is 6.40 Å². The molecule has 1 rings (SSSR count). The number of pyridine rings is 1. The molecule has 3 nitrogen and oxygen atoms in total. The van der Waals surface area contributed by atoms with Crippen molar-refractivity contribution in [2.75, 3.05) is 0 Å². The molecule has 0 radical (unpaired) electrons. The van der Waals surface area contributed by atoms with Crippen molar-refractivity contribution in [3.05, 3.63) is 28.0 Å². The lowest BCUT2D eigenvalue weighted by molar-refractivity contribution is 0.0998. The summed E-state index contributed by atoms with van der Waals surface area (Å²) in [6.45, 7) is -2.51. The van der Waals surface area contributed by atoms with Gasteiger partial charge in [-0.05, 0) is 34.0 Å². The van der Waals surface area contributed by atoms with Gasteiger partial charge in [0.25, 0.3) is 5.91 Å². The molecule has 1 unspecified atom stereocenters. The SMILES string of the molecule is [2H]C(c1ccnc(Br)c1C(N)=O)C([2H])([2H])[2H]. The van der Waals surface area contributed by atoms with E-state index in [0.717, 1.165) is 0 Å². The molecule has 0 aliphatic carbocycles. The second-order valence-corrected chi connectivity index (χ2v) is 2.83. The van der Waals surface area contributed by atoms with Gasteiger partial charge in [0, 0.05) is 11.7 Å². The predicted octanol–water partition coefficient (Wildman–Crippen LogP) is 1.51. The van der Waals surface area contributed by atoms with Crippen LogP contribution in [0.25, 0.3) is 0 Å². The summed E-state index contributed by atoms with van der Waals surface area (Å²) in [7, 11) is 0. The Balaban J connectivity index is 3.34. The van der Waals surface area contributed by atoms with Gasteiger partial charge in [0.1, 0.15) is 4.60 Å². The molecule has 0 spiro atoms. The van der Waals surface area contributed by atoms with Crippen LogP contribution in [0.2, 0.25) is 0 Å². The molecule has 12 heavy (non-hydrogen) atoms. The predicted molar refractivity (Wildman–Crippen MR) is 49.8 cm³/mol. The first-order valence-corrected chi connectivity index (χ1v) is 3.91. The Morgan fingerprint density at radius 3 is 3.33 bits per heavy atom. The molecular weight excluding hydrogens is 220 g/mol. The monoisotopic (exact) mass is 232 g/mol. The zero-order chi connectivity index (χ0) is 12.5. The number of aromatic nitrogens is 1. The maximum absolute atomic E-state index is 11.2. The molecule has 1 heterocycles. The van der Waals surface area contributed by atoms with Crippen LogP contribution < -0.4 is 5.73 Å². The van der Waals surface area contributed by atoms with Crippen molar-refractivity contribution in [2.45, 2.75) is 13.2 Å². The van der Waals surface area contributed by atoms with Crippen LogP contribution >= 0.6 is 15.9 Å². The van der Waals surface area contributed by atoms with E-state index >= 15 is 0 Å². The summed E-state index contributed by atoms with van der Waals surface area (Å²) in [5.41, 5.74) is 5.11. The second-order valence-electron chi connectivity index (χ2n) is 2.07. The molecule has 1 amide bonds. The molecule has 0 aromatic carbocycles. The minimum Gasteiger partial charge on any atom is -0.366 e. The minimum atomic E-state index is -2.51. The fraction of sp³-hybridized carbons (Fsp3) is 0.250. The fourth-order valence-corrected chi connectivity index (χ4v) is 1.36. The zero-order valence-corrected chi connectivity index (χ0v) is 7.63. The molecule has 4 heteroatoms.